The minimum absolute atomic E-state index is 0. The Morgan fingerprint density at radius 2 is 2.15 bits per heavy atom. The first-order valence-electron chi connectivity index (χ1n) is 9.32. The maximum absolute atomic E-state index is 5.52. The fourth-order valence-electron chi connectivity index (χ4n) is 2.93. The Morgan fingerprint density at radius 1 is 1.38 bits per heavy atom. The lowest BCUT2D eigenvalue weighted by Gasteiger charge is -2.38. The Balaban J connectivity index is 0.00000338. The van der Waals surface area contributed by atoms with E-state index in [0.29, 0.717) is 24.5 Å². The Hall–Kier alpha value is -0.870. The van der Waals surface area contributed by atoms with Crippen LogP contribution in [0.4, 0.5) is 0 Å². The molecular formula is C18H34IN5O2. The molecule has 2 rings (SSSR count). The van der Waals surface area contributed by atoms with Gasteiger partial charge in [-0.25, -0.2) is 4.99 Å². The molecule has 1 saturated heterocycles. The number of halogens is 1. The van der Waals surface area contributed by atoms with Crippen molar-refractivity contribution < 1.29 is 9.26 Å². The summed E-state index contributed by atoms with van der Waals surface area (Å²) >= 11 is 0. The smallest absolute Gasteiger partial charge is 0.191 e. The van der Waals surface area contributed by atoms with E-state index in [-0.39, 0.29) is 24.0 Å². The molecule has 0 aromatic carbocycles. The van der Waals surface area contributed by atoms with E-state index >= 15 is 0 Å². The Kier molecular flexibility index (Phi) is 10.5. The van der Waals surface area contributed by atoms with Crippen molar-refractivity contribution in [3.05, 3.63) is 17.5 Å². The Labute approximate surface area is 174 Å². The maximum atomic E-state index is 5.52. The largest absolute Gasteiger partial charge is 0.379 e. The quantitative estimate of drug-likeness (QED) is 0.356. The molecule has 1 fully saturated rings. The third kappa shape index (κ3) is 7.03. The van der Waals surface area contributed by atoms with E-state index in [1.807, 2.05) is 6.07 Å². The van der Waals surface area contributed by atoms with Crippen LogP contribution in [0, 0.1) is 0 Å². The molecule has 1 aliphatic heterocycles. The number of guanidine groups is 1. The van der Waals surface area contributed by atoms with Crippen LogP contribution in [-0.4, -0.2) is 60.9 Å². The van der Waals surface area contributed by atoms with Crippen LogP contribution < -0.4 is 10.6 Å². The number of nitrogens with zero attached hydrogens (tertiary/aromatic N) is 3. The Bertz CT molecular complexity index is 549. The number of hydrogen-bond donors (Lipinski definition) is 2. The van der Waals surface area contributed by atoms with Crippen molar-refractivity contribution in [2.75, 3.05) is 32.8 Å². The molecule has 8 heteroatoms. The fourth-order valence-corrected chi connectivity index (χ4v) is 2.93. The van der Waals surface area contributed by atoms with Crippen molar-refractivity contribution in [1.82, 2.24) is 20.7 Å². The number of aromatic nitrogens is 1. The Morgan fingerprint density at radius 3 is 2.77 bits per heavy atom. The standard InChI is InChI=1S/C18H33N5O2.HI/c1-6-19-18(21-11-16-9-17(13(2)3)22-25-16)20-10-14(4)23-7-8-24-12-15(23)5;/h9,13-15H,6-8,10-12H2,1-5H3,(H2,19,20,21);1H. The number of ether oxygens (including phenoxy) is 1. The molecule has 7 nitrogen and oxygen atoms in total. The second-order valence-corrected chi connectivity index (χ2v) is 6.96. The predicted octanol–water partition coefficient (Wildman–Crippen LogP) is 2.58. The lowest BCUT2D eigenvalue weighted by Crippen LogP contribution is -2.53. The lowest BCUT2D eigenvalue weighted by molar-refractivity contribution is -0.0174. The van der Waals surface area contributed by atoms with Gasteiger partial charge < -0.3 is 19.9 Å². The molecule has 1 aliphatic rings. The molecule has 0 bridgehead atoms. The molecule has 2 heterocycles. The highest BCUT2D eigenvalue weighted by Crippen LogP contribution is 2.14. The molecule has 0 amide bonds. The SMILES string of the molecule is CCNC(=NCc1cc(C(C)C)no1)NCC(C)N1CCOCC1C.I. The first-order valence-corrected chi connectivity index (χ1v) is 9.32. The van der Waals surface area contributed by atoms with Gasteiger partial charge in [-0.3, -0.25) is 4.90 Å². The van der Waals surface area contributed by atoms with Crippen molar-refractivity contribution in [3.63, 3.8) is 0 Å². The van der Waals surface area contributed by atoms with Gasteiger partial charge in [-0.05, 0) is 26.7 Å². The number of morpholine rings is 1. The van der Waals surface area contributed by atoms with Gasteiger partial charge in [0.05, 0.1) is 18.9 Å². The molecule has 2 N–H and O–H groups in total. The molecule has 2 atom stereocenters. The predicted molar refractivity (Wildman–Crippen MR) is 115 cm³/mol. The van der Waals surface area contributed by atoms with Gasteiger partial charge in [0.15, 0.2) is 11.7 Å². The summed E-state index contributed by atoms with van der Waals surface area (Å²) in [5.74, 6) is 1.96. The summed E-state index contributed by atoms with van der Waals surface area (Å²) in [6.45, 7) is 15.5. The molecule has 26 heavy (non-hydrogen) atoms. The summed E-state index contributed by atoms with van der Waals surface area (Å²) in [5.41, 5.74) is 0.970. The van der Waals surface area contributed by atoms with E-state index in [1.54, 1.807) is 0 Å². The van der Waals surface area contributed by atoms with E-state index in [9.17, 15) is 0 Å². The normalized spacial score (nSPS) is 19.9. The van der Waals surface area contributed by atoms with Crippen LogP contribution >= 0.6 is 24.0 Å². The monoisotopic (exact) mass is 479 g/mol. The van der Waals surface area contributed by atoms with Crippen LogP contribution in [0.15, 0.2) is 15.6 Å². The van der Waals surface area contributed by atoms with Gasteiger partial charge in [0.25, 0.3) is 0 Å². The van der Waals surface area contributed by atoms with Crippen molar-refractivity contribution in [2.45, 2.75) is 59.2 Å². The third-order valence-corrected chi connectivity index (χ3v) is 4.46. The zero-order valence-electron chi connectivity index (χ0n) is 16.6. The van der Waals surface area contributed by atoms with Crippen molar-refractivity contribution in [2.24, 2.45) is 4.99 Å². The summed E-state index contributed by atoms with van der Waals surface area (Å²) in [7, 11) is 0. The average Bonchev–Trinajstić information content (AvgIpc) is 3.07. The summed E-state index contributed by atoms with van der Waals surface area (Å²) in [6.07, 6.45) is 0. The number of rotatable bonds is 7. The van der Waals surface area contributed by atoms with E-state index in [2.05, 4.69) is 60.3 Å². The van der Waals surface area contributed by atoms with Crippen LogP contribution in [0.3, 0.4) is 0 Å². The highest BCUT2D eigenvalue weighted by atomic mass is 127. The fraction of sp³-hybridized carbons (Fsp3) is 0.778. The van der Waals surface area contributed by atoms with E-state index in [4.69, 9.17) is 9.26 Å². The maximum Gasteiger partial charge on any atom is 0.191 e. The van der Waals surface area contributed by atoms with Crippen LogP contribution in [0.2, 0.25) is 0 Å². The van der Waals surface area contributed by atoms with Gasteiger partial charge in [0, 0.05) is 37.8 Å². The van der Waals surface area contributed by atoms with Gasteiger partial charge in [0.2, 0.25) is 0 Å². The van der Waals surface area contributed by atoms with Crippen LogP contribution in [-0.2, 0) is 11.3 Å². The minimum Gasteiger partial charge on any atom is -0.379 e. The van der Waals surface area contributed by atoms with E-state index < -0.39 is 0 Å². The van der Waals surface area contributed by atoms with Gasteiger partial charge in [-0.15, -0.1) is 24.0 Å². The molecule has 0 spiro atoms. The second kappa shape index (κ2) is 11.8. The van der Waals surface area contributed by atoms with Crippen molar-refractivity contribution >= 4 is 29.9 Å². The summed E-state index contributed by atoms with van der Waals surface area (Å²) in [6, 6.07) is 2.85. The molecule has 1 aromatic heterocycles. The van der Waals surface area contributed by atoms with Gasteiger partial charge >= 0.3 is 0 Å². The molecule has 150 valence electrons. The van der Waals surface area contributed by atoms with E-state index in [1.165, 1.54) is 0 Å². The second-order valence-electron chi connectivity index (χ2n) is 6.96. The van der Waals surface area contributed by atoms with Crippen molar-refractivity contribution in [1.29, 1.82) is 0 Å². The third-order valence-electron chi connectivity index (χ3n) is 4.46. The molecular weight excluding hydrogens is 445 g/mol. The van der Waals surface area contributed by atoms with Crippen LogP contribution in [0.5, 0.6) is 0 Å². The van der Waals surface area contributed by atoms with Crippen molar-refractivity contribution in [3.8, 4) is 0 Å². The van der Waals surface area contributed by atoms with Gasteiger partial charge in [-0.2, -0.15) is 0 Å². The van der Waals surface area contributed by atoms with Gasteiger partial charge in [-0.1, -0.05) is 19.0 Å². The minimum atomic E-state index is 0. The molecule has 0 aliphatic carbocycles. The topological polar surface area (TPSA) is 74.9 Å². The first-order chi connectivity index (χ1) is 12.0. The van der Waals surface area contributed by atoms with Gasteiger partial charge in [0.1, 0.15) is 6.54 Å². The first kappa shape index (κ1) is 23.2. The molecule has 1 aromatic rings. The highest BCUT2D eigenvalue weighted by Gasteiger charge is 2.23. The van der Waals surface area contributed by atoms with Crippen LogP contribution in [0.1, 0.15) is 52.0 Å². The lowest BCUT2D eigenvalue weighted by atomic mass is 10.1. The summed E-state index contributed by atoms with van der Waals surface area (Å²) in [4.78, 5) is 7.09. The summed E-state index contributed by atoms with van der Waals surface area (Å²) in [5, 5.41) is 10.8. The zero-order valence-corrected chi connectivity index (χ0v) is 18.9. The number of hydrogen-bond acceptors (Lipinski definition) is 5. The molecule has 0 radical (unpaired) electrons. The summed E-state index contributed by atoms with van der Waals surface area (Å²) < 4.78 is 10.9. The van der Waals surface area contributed by atoms with E-state index in [0.717, 1.165) is 50.3 Å². The zero-order chi connectivity index (χ0) is 18.2. The average molecular weight is 479 g/mol. The molecule has 2 unspecified atom stereocenters. The molecule has 0 saturated carbocycles. The van der Waals surface area contributed by atoms with Crippen LogP contribution in [0.25, 0.3) is 0 Å². The number of aliphatic imine (C=N–C) groups is 1. The highest BCUT2D eigenvalue weighted by molar-refractivity contribution is 14.0. The number of nitrogens with one attached hydrogen (secondary N) is 2.